The molecular weight excluding hydrogens is 404 g/mol. The minimum Gasteiger partial charge on any atom is -0.507 e. The molecule has 0 aliphatic rings. The van der Waals surface area contributed by atoms with Gasteiger partial charge in [-0.15, -0.1) is 0 Å². The Morgan fingerprint density at radius 3 is 2.26 bits per heavy atom. The first-order valence-electron chi connectivity index (χ1n) is 9.90. The third-order valence-electron chi connectivity index (χ3n) is 4.26. The summed E-state index contributed by atoms with van der Waals surface area (Å²) in [6.45, 7) is 3.62. The molecule has 2 rings (SSSR count). The van der Waals surface area contributed by atoms with Gasteiger partial charge in [-0.1, -0.05) is 0 Å². The second-order valence-electron chi connectivity index (χ2n) is 6.94. The van der Waals surface area contributed by atoms with Crippen LogP contribution in [0.25, 0.3) is 0 Å². The summed E-state index contributed by atoms with van der Waals surface area (Å²) in [6, 6.07) is 11.3. The molecule has 0 aromatic heterocycles. The number of aliphatic hydroxyl groups is 1. The van der Waals surface area contributed by atoms with Crippen LogP contribution in [0.5, 0.6) is 23.0 Å². The molecule has 0 saturated carbocycles. The van der Waals surface area contributed by atoms with Crippen molar-refractivity contribution in [3.05, 3.63) is 48.0 Å². The lowest BCUT2D eigenvalue weighted by molar-refractivity contribution is 0.0995. The Balaban J connectivity index is 1.67. The molecule has 9 nitrogen and oxygen atoms in total. The first kappa shape index (κ1) is 24.3. The number of aromatic hydroxyl groups is 1. The first-order chi connectivity index (χ1) is 14.9. The van der Waals surface area contributed by atoms with Crippen LogP contribution in [0.1, 0.15) is 17.3 Å². The van der Waals surface area contributed by atoms with Crippen molar-refractivity contribution in [2.24, 2.45) is 5.73 Å². The number of carbonyl (C=O) groups excluding carboxylic acids is 1. The number of primary amides is 1. The second-order valence-corrected chi connectivity index (χ2v) is 6.94. The summed E-state index contributed by atoms with van der Waals surface area (Å²) < 4.78 is 21.6. The highest BCUT2D eigenvalue weighted by Crippen LogP contribution is 2.22. The average molecular weight is 434 g/mol. The summed E-state index contributed by atoms with van der Waals surface area (Å²) in [5, 5.41) is 22.9. The molecule has 5 N–H and O–H groups in total. The predicted octanol–water partition coefficient (Wildman–Crippen LogP) is 1.31. The van der Waals surface area contributed by atoms with Crippen molar-refractivity contribution in [3.63, 3.8) is 0 Å². The van der Waals surface area contributed by atoms with E-state index in [4.69, 9.17) is 24.7 Å². The number of benzene rings is 2. The quantitative estimate of drug-likeness (QED) is 0.327. The summed E-state index contributed by atoms with van der Waals surface area (Å²) in [5.74, 6) is 0.843. The Labute approximate surface area is 181 Å². The molecule has 9 heteroatoms. The van der Waals surface area contributed by atoms with Crippen molar-refractivity contribution in [3.8, 4) is 23.0 Å². The van der Waals surface area contributed by atoms with Crippen LogP contribution in [-0.4, -0.2) is 68.3 Å². The van der Waals surface area contributed by atoms with E-state index in [0.717, 1.165) is 5.75 Å². The van der Waals surface area contributed by atoms with Gasteiger partial charge < -0.3 is 40.2 Å². The molecule has 0 saturated heterocycles. The molecule has 1 amide bonds. The highest BCUT2D eigenvalue weighted by Gasteiger charge is 2.11. The zero-order valence-electron chi connectivity index (χ0n) is 17.7. The van der Waals surface area contributed by atoms with Crippen LogP contribution in [0.3, 0.4) is 0 Å². The van der Waals surface area contributed by atoms with Gasteiger partial charge in [-0.25, -0.2) is 0 Å². The fraction of sp³-hybridized carbons (Fsp3) is 0.409. The van der Waals surface area contributed by atoms with Gasteiger partial charge >= 0.3 is 0 Å². The molecule has 2 unspecified atom stereocenters. The molecule has 170 valence electrons. The van der Waals surface area contributed by atoms with Crippen LogP contribution in [-0.2, 0) is 4.74 Å². The maximum Gasteiger partial charge on any atom is 0.252 e. The number of amides is 1. The smallest absolute Gasteiger partial charge is 0.252 e. The molecule has 2 atom stereocenters. The lowest BCUT2D eigenvalue weighted by Crippen LogP contribution is -2.39. The number of carbonyl (C=O) groups is 1. The van der Waals surface area contributed by atoms with Crippen LogP contribution in [0.2, 0.25) is 0 Å². The van der Waals surface area contributed by atoms with E-state index >= 15 is 0 Å². The van der Waals surface area contributed by atoms with Gasteiger partial charge in [0.15, 0.2) is 0 Å². The number of nitrogens with one attached hydrogen (secondary N) is 1. The normalized spacial score (nSPS) is 12.7. The highest BCUT2D eigenvalue weighted by molar-refractivity contribution is 5.95. The number of phenols is 1. The molecule has 0 bridgehead atoms. The Morgan fingerprint density at radius 2 is 1.61 bits per heavy atom. The number of methoxy groups -OCH3 is 1. The molecule has 0 aliphatic heterocycles. The Hall–Kier alpha value is -3.01. The van der Waals surface area contributed by atoms with Gasteiger partial charge in [-0.2, -0.15) is 0 Å². The number of ether oxygens (including phenoxy) is 4. The third-order valence-corrected chi connectivity index (χ3v) is 4.26. The molecule has 2 aromatic carbocycles. The Bertz CT molecular complexity index is 814. The Morgan fingerprint density at radius 1 is 1.00 bits per heavy atom. The van der Waals surface area contributed by atoms with Crippen molar-refractivity contribution >= 4 is 5.91 Å². The van der Waals surface area contributed by atoms with Crippen LogP contribution in [0.4, 0.5) is 0 Å². The van der Waals surface area contributed by atoms with Gasteiger partial charge in [-0.3, -0.25) is 4.79 Å². The van der Waals surface area contributed by atoms with E-state index in [2.05, 4.69) is 5.32 Å². The van der Waals surface area contributed by atoms with E-state index in [0.29, 0.717) is 37.9 Å². The fourth-order valence-electron chi connectivity index (χ4n) is 2.55. The molecule has 0 aliphatic carbocycles. The van der Waals surface area contributed by atoms with Crippen LogP contribution < -0.4 is 25.3 Å². The molecule has 0 fully saturated rings. The lowest BCUT2D eigenvalue weighted by atomic mass is 10.2. The van der Waals surface area contributed by atoms with E-state index in [9.17, 15) is 15.0 Å². The average Bonchev–Trinajstić information content (AvgIpc) is 2.76. The highest BCUT2D eigenvalue weighted by atomic mass is 16.5. The van der Waals surface area contributed by atoms with Crippen molar-refractivity contribution in [1.29, 1.82) is 0 Å². The number of hydrogen-bond donors (Lipinski definition) is 4. The van der Waals surface area contributed by atoms with Gasteiger partial charge in [0.1, 0.15) is 48.9 Å². The summed E-state index contributed by atoms with van der Waals surface area (Å²) >= 11 is 0. The molecule has 0 spiro atoms. The topological polar surface area (TPSA) is 132 Å². The van der Waals surface area contributed by atoms with E-state index in [1.54, 1.807) is 37.4 Å². The minimum absolute atomic E-state index is 0.000236. The number of hydrogen-bond acceptors (Lipinski definition) is 8. The third kappa shape index (κ3) is 8.71. The van der Waals surface area contributed by atoms with Crippen molar-refractivity contribution in [1.82, 2.24) is 5.32 Å². The van der Waals surface area contributed by atoms with Gasteiger partial charge in [0.05, 0.1) is 12.2 Å². The van der Waals surface area contributed by atoms with E-state index in [1.807, 2.05) is 6.92 Å². The molecule has 2 aromatic rings. The van der Waals surface area contributed by atoms with Gasteiger partial charge in [0.2, 0.25) is 0 Å². The van der Waals surface area contributed by atoms with Crippen LogP contribution >= 0.6 is 0 Å². The van der Waals surface area contributed by atoms with Crippen molar-refractivity contribution in [2.45, 2.75) is 19.1 Å². The Kier molecular flexibility index (Phi) is 9.89. The molecular formula is C22H30N2O7. The fourth-order valence-corrected chi connectivity index (χ4v) is 2.55. The maximum absolute atomic E-state index is 11.3. The van der Waals surface area contributed by atoms with E-state index in [-0.39, 0.29) is 24.0 Å². The SMILES string of the molecule is COCCOc1ccc(OCC(O)CNC(C)COc2ccc(O)c(C(N)=O)c2)cc1. The van der Waals surface area contributed by atoms with Crippen LogP contribution in [0, 0.1) is 0 Å². The van der Waals surface area contributed by atoms with E-state index < -0.39 is 12.0 Å². The second kappa shape index (κ2) is 12.6. The van der Waals surface area contributed by atoms with Gasteiger partial charge in [-0.05, 0) is 49.4 Å². The molecule has 31 heavy (non-hydrogen) atoms. The van der Waals surface area contributed by atoms with Gasteiger partial charge in [0.25, 0.3) is 5.91 Å². The largest absolute Gasteiger partial charge is 0.507 e. The summed E-state index contributed by atoms with van der Waals surface area (Å²) in [6.07, 6.45) is -0.713. The standard InChI is InChI=1S/C22H30N2O7/c1-15(13-30-19-7-8-21(26)20(11-19)22(23)27)24-12-16(25)14-31-18-5-3-17(4-6-18)29-10-9-28-2/h3-8,11,15-16,24-26H,9-10,12-14H2,1-2H3,(H2,23,27). The number of nitrogens with two attached hydrogens (primary N) is 1. The monoisotopic (exact) mass is 434 g/mol. The lowest BCUT2D eigenvalue weighted by Gasteiger charge is -2.18. The number of aliphatic hydroxyl groups excluding tert-OH is 1. The van der Waals surface area contributed by atoms with Crippen LogP contribution in [0.15, 0.2) is 42.5 Å². The number of rotatable bonds is 14. The zero-order chi connectivity index (χ0) is 22.6. The summed E-state index contributed by atoms with van der Waals surface area (Å²) in [5.41, 5.74) is 5.21. The van der Waals surface area contributed by atoms with Crippen molar-refractivity contribution < 1.29 is 34.0 Å². The molecule has 0 radical (unpaired) electrons. The zero-order valence-corrected chi connectivity index (χ0v) is 17.7. The summed E-state index contributed by atoms with van der Waals surface area (Å²) in [7, 11) is 1.62. The van der Waals surface area contributed by atoms with Gasteiger partial charge in [0, 0.05) is 19.7 Å². The van der Waals surface area contributed by atoms with Crippen molar-refractivity contribution in [2.75, 3.05) is 40.1 Å². The summed E-state index contributed by atoms with van der Waals surface area (Å²) in [4.78, 5) is 11.3. The van der Waals surface area contributed by atoms with E-state index in [1.165, 1.54) is 12.1 Å². The maximum atomic E-state index is 11.3. The predicted molar refractivity (Wildman–Crippen MR) is 115 cm³/mol. The minimum atomic E-state index is -0.731. The first-order valence-corrected chi connectivity index (χ1v) is 9.90. The molecule has 0 heterocycles.